The number of rotatable bonds is 7. The summed E-state index contributed by atoms with van der Waals surface area (Å²) in [4.78, 5) is 11.6. The largest absolute Gasteiger partial charge is 0.389 e. The number of hydrogen-bond acceptors (Lipinski definition) is 2. The number of hydrogen-bond donors (Lipinski definition) is 1. The van der Waals surface area contributed by atoms with Crippen LogP contribution < -0.4 is 5.32 Å². The van der Waals surface area contributed by atoms with Crippen molar-refractivity contribution in [1.82, 2.24) is 5.32 Å². The average molecular weight is 211 g/mol. The lowest BCUT2D eigenvalue weighted by atomic mass is 9.88. The SMILES string of the molecule is C=C(C)NCCCCCC(=O)C(C)(C)C. The number of unbranched alkanes of at least 4 members (excludes halogenated alkanes) is 2. The number of ketones is 1. The minimum Gasteiger partial charge on any atom is -0.389 e. The maximum absolute atomic E-state index is 11.6. The average Bonchev–Trinajstić information content (AvgIpc) is 2.08. The van der Waals surface area contributed by atoms with Crippen LogP contribution in [0.15, 0.2) is 12.3 Å². The number of allylic oxidation sites excluding steroid dienone is 1. The molecule has 0 aliphatic rings. The molecule has 88 valence electrons. The van der Waals surface area contributed by atoms with Crippen LogP contribution in [0.5, 0.6) is 0 Å². The minimum atomic E-state index is -0.171. The molecule has 0 fully saturated rings. The molecule has 0 bridgehead atoms. The van der Waals surface area contributed by atoms with Gasteiger partial charge in [-0.1, -0.05) is 33.8 Å². The quantitative estimate of drug-likeness (QED) is 0.655. The molecule has 0 saturated carbocycles. The Hall–Kier alpha value is -0.790. The summed E-state index contributed by atoms with van der Waals surface area (Å²) in [7, 11) is 0. The van der Waals surface area contributed by atoms with Gasteiger partial charge in [-0.25, -0.2) is 0 Å². The Kier molecular flexibility index (Phi) is 6.30. The third-order valence-corrected chi connectivity index (χ3v) is 2.34. The first-order valence-corrected chi connectivity index (χ1v) is 5.76. The van der Waals surface area contributed by atoms with Crippen LogP contribution in [0.4, 0.5) is 0 Å². The van der Waals surface area contributed by atoms with Gasteiger partial charge in [-0.05, 0) is 19.8 Å². The van der Waals surface area contributed by atoms with E-state index in [1.807, 2.05) is 27.7 Å². The van der Waals surface area contributed by atoms with Crippen molar-refractivity contribution in [2.75, 3.05) is 6.54 Å². The summed E-state index contributed by atoms with van der Waals surface area (Å²) in [6.07, 6.45) is 3.96. The van der Waals surface area contributed by atoms with E-state index in [9.17, 15) is 4.79 Å². The number of Topliss-reactive ketones (excluding diaryl/α,β-unsaturated/α-hetero) is 1. The maximum Gasteiger partial charge on any atom is 0.138 e. The van der Waals surface area contributed by atoms with E-state index in [-0.39, 0.29) is 5.41 Å². The van der Waals surface area contributed by atoms with Crippen molar-refractivity contribution in [2.24, 2.45) is 5.41 Å². The second-order valence-corrected chi connectivity index (χ2v) is 5.19. The molecule has 0 unspecified atom stereocenters. The maximum atomic E-state index is 11.6. The Labute approximate surface area is 94.1 Å². The van der Waals surface area contributed by atoms with Gasteiger partial charge >= 0.3 is 0 Å². The van der Waals surface area contributed by atoms with Gasteiger partial charge in [0.25, 0.3) is 0 Å². The molecule has 0 aliphatic heterocycles. The molecule has 15 heavy (non-hydrogen) atoms. The molecule has 0 spiro atoms. The zero-order valence-corrected chi connectivity index (χ0v) is 10.7. The van der Waals surface area contributed by atoms with Crippen molar-refractivity contribution in [1.29, 1.82) is 0 Å². The molecule has 0 amide bonds. The zero-order valence-electron chi connectivity index (χ0n) is 10.7. The fourth-order valence-corrected chi connectivity index (χ4v) is 1.26. The van der Waals surface area contributed by atoms with Gasteiger partial charge in [0.15, 0.2) is 0 Å². The molecule has 0 aromatic carbocycles. The van der Waals surface area contributed by atoms with Crippen molar-refractivity contribution in [2.45, 2.75) is 53.4 Å². The van der Waals surface area contributed by atoms with E-state index in [2.05, 4.69) is 11.9 Å². The van der Waals surface area contributed by atoms with Crippen molar-refractivity contribution in [3.05, 3.63) is 12.3 Å². The van der Waals surface area contributed by atoms with E-state index in [4.69, 9.17) is 0 Å². The van der Waals surface area contributed by atoms with Crippen LogP contribution in [0, 0.1) is 5.41 Å². The van der Waals surface area contributed by atoms with Gasteiger partial charge in [0.05, 0.1) is 0 Å². The van der Waals surface area contributed by atoms with Crippen LogP contribution in [0.3, 0.4) is 0 Å². The van der Waals surface area contributed by atoms with E-state index < -0.39 is 0 Å². The Morgan fingerprint density at radius 1 is 1.20 bits per heavy atom. The van der Waals surface area contributed by atoms with Gasteiger partial charge in [-0.2, -0.15) is 0 Å². The molecule has 2 nitrogen and oxygen atoms in total. The topological polar surface area (TPSA) is 29.1 Å². The van der Waals surface area contributed by atoms with Crippen molar-refractivity contribution >= 4 is 5.78 Å². The van der Waals surface area contributed by atoms with E-state index in [1.165, 1.54) is 0 Å². The molecule has 0 saturated heterocycles. The molecule has 0 heterocycles. The molecule has 0 atom stereocenters. The smallest absolute Gasteiger partial charge is 0.138 e. The third kappa shape index (κ3) is 8.22. The second-order valence-electron chi connectivity index (χ2n) is 5.19. The number of carbonyl (C=O) groups is 1. The molecular weight excluding hydrogens is 186 g/mol. The fourth-order valence-electron chi connectivity index (χ4n) is 1.26. The van der Waals surface area contributed by atoms with Gasteiger partial charge in [0, 0.05) is 24.1 Å². The normalized spacial score (nSPS) is 11.2. The first-order chi connectivity index (χ1) is 6.84. The predicted octanol–water partition coefficient (Wildman–Crippen LogP) is 3.29. The summed E-state index contributed by atoms with van der Waals surface area (Å²) in [5.74, 6) is 0.371. The summed E-state index contributed by atoms with van der Waals surface area (Å²) < 4.78 is 0. The zero-order chi connectivity index (χ0) is 11.9. The number of nitrogens with one attached hydrogen (secondary N) is 1. The van der Waals surface area contributed by atoms with Gasteiger partial charge < -0.3 is 5.32 Å². The summed E-state index contributed by atoms with van der Waals surface area (Å²) in [6.45, 7) is 12.7. The first kappa shape index (κ1) is 14.2. The predicted molar refractivity (Wildman–Crippen MR) is 65.7 cm³/mol. The van der Waals surface area contributed by atoms with E-state index in [1.54, 1.807) is 0 Å². The highest BCUT2D eigenvalue weighted by Gasteiger charge is 2.19. The van der Waals surface area contributed by atoms with E-state index in [0.717, 1.165) is 37.9 Å². The Bertz CT molecular complexity index is 213. The Morgan fingerprint density at radius 2 is 1.80 bits per heavy atom. The van der Waals surface area contributed by atoms with Crippen LogP contribution in [0.25, 0.3) is 0 Å². The molecule has 0 aromatic heterocycles. The van der Waals surface area contributed by atoms with Crippen LogP contribution in [-0.4, -0.2) is 12.3 Å². The highest BCUT2D eigenvalue weighted by Crippen LogP contribution is 2.18. The molecular formula is C13H25NO. The van der Waals surface area contributed by atoms with Crippen LogP contribution in [0.2, 0.25) is 0 Å². The molecule has 0 radical (unpaired) electrons. The fraction of sp³-hybridized carbons (Fsp3) is 0.769. The minimum absolute atomic E-state index is 0.171. The third-order valence-electron chi connectivity index (χ3n) is 2.34. The molecule has 2 heteroatoms. The molecule has 1 N–H and O–H groups in total. The highest BCUT2D eigenvalue weighted by atomic mass is 16.1. The molecule has 0 rings (SSSR count). The number of carbonyl (C=O) groups excluding carboxylic acids is 1. The lowest BCUT2D eigenvalue weighted by Gasteiger charge is -2.16. The standard InChI is InChI=1S/C13H25NO/c1-11(2)14-10-8-6-7-9-12(15)13(3,4)5/h14H,1,6-10H2,2-5H3. The summed E-state index contributed by atoms with van der Waals surface area (Å²) in [5.41, 5.74) is 0.844. The summed E-state index contributed by atoms with van der Waals surface area (Å²) >= 11 is 0. The van der Waals surface area contributed by atoms with Crippen LogP contribution >= 0.6 is 0 Å². The monoisotopic (exact) mass is 211 g/mol. The second kappa shape index (κ2) is 6.65. The Morgan fingerprint density at radius 3 is 2.27 bits per heavy atom. The van der Waals surface area contributed by atoms with E-state index in [0.29, 0.717) is 5.78 Å². The Balaban J connectivity index is 3.40. The molecule has 0 aliphatic carbocycles. The van der Waals surface area contributed by atoms with Gasteiger partial charge in [0.1, 0.15) is 5.78 Å². The van der Waals surface area contributed by atoms with Gasteiger partial charge in [-0.15, -0.1) is 0 Å². The van der Waals surface area contributed by atoms with Gasteiger partial charge in [-0.3, -0.25) is 4.79 Å². The lowest BCUT2D eigenvalue weighted by molar-refractivity contribution is -0.126. The molecule has 0 aromatic rings. The van der Waals surface area contributed by atoms with E-state index >= 15 is 0 Å². The highest BCUT2D eigenvalue weighted by molar-refractivity contribution is 5.83. The van der Waals surface area contributed by atoms with Crippen molar-refractivity contribution < 1.29 is 4.79 Å². The van der Waals surface area contributed by atoms with Crippen molar-refractivity contribution in [3.8, 4) is 0 Å². The lowest BCUT2D eigenvalue weighted by Crippen LogP contribution is -2.19. The van der Waals surface area contributed by atoms with Gasteiger partial charge in [0.2, 0.25) is 0 Å². The first-order valence-electron chi connectivity index (χ1n) is 5.76. The summed E-state index contributed by atoms with van der Waals surface area (Å²) in [6, 6.07) is 0. The van der Waals surface area contributed by atoms with Crippen molar-refractivity contribution in [3.63, 3.8) is 0 Å². The van der Waals surface area contributed by atoms with Crippen LogP contribution in [0.1, 0.15) is 53.4 Å². The van der Waals surface area contributed by atoms with Crippen LogP contribution in [-0.2, 0) is 4.79 Å². The summed E-state index contributed by atoms with van der Waals surface area (Å²) in [5, 5.41) is 3.18.